The molecule has 0 aliphatic heterocycles. The molecule has 8 heteroatoms. The highest BCUT2D eigenvalue weighted by molar-refractivity contribution is 6.10. The van der Waals surface area contributed by atoms with Crippen LogP contribution in [-0.2, 0) is 22.3 Å². The lowest BCUT2D eigenvalue weighted by molar-refractivity contribution is -0.325. The number of ether oxygens (including phenoxy) is 2. The predicted octanol–water partition coefficient (Wildman–Crippen LogP) is 7.71. The Kier molecular flexibility index (Phi) is 8.00. The van der Waals surface area contributed by atoms with Gasteiger partial charge in [-0.3, -0.25) is 9.47 Å². The molecule has 0 fully saturated rings. The second-order valence-electron chi connectivity index (χ2n) is 7.55. The van der Waals surface area contributed by atoms with E-state index in [0.29, 0.717) is 25.7 Å². The Balaban J connectivity index is 1.84. The van der Waals surface area contributed by atoms with Crippen molar-refractivity contribution in [3.05, 3.63) is 59.7 Å². The van der Waals surface area contributed by atoms with Gasteiger partial charge in [0, 0.05) is 0 Å². The van der Waals surface area contributed by atoms with Crippen LogP contribution < -0.4 is 0 Å². The molecule has 3 aromatic carbocycles. The number of hydrogen-bond donors (Lipinski definition) is 0. The van der Waals surface area contributed by atoms with Crippen molar-refractivity contribution in [3.8, 4) is 0 Å². The molecule has 0 radical (unpaired) electrons. The van der Waals surface area contributed by atoms with Gasteiger partial charge in [0.2, 0.25) is 0 Å². The maximum absolute atomic E-state index is 12.2. The van der Waals surface area contributed by atoms with Gasteiger partial charge in [0.1, 0.15) is 0 Å². The molecular weight excluding hydrogens is 434 g/mol. The summed E-state index contributed by atoms with van der Waals surface area (Å²) < 4.78 is 81.1. The number of halogens is 6. The van der Waals surface area contributed by atoms with E-state index in [9.17, 15) is 26.3 Å². The molecule has 0 saturated carbocycles. The number of unbranched alkanes of at least 4 members (excludes halogenated alkanes) is 2. The van der Waals surface area contributed by atoms with Crippen LogP contribution in [0.5, 0.6) is 0 Å². The molecule has 0 spiro atoms. The van der Waals surface area contributed by atoms with E-state index in [4.69, 9.17) is 0 Å². The molecule has 3 rings (SSSR count). The van der Waals surface area contributed by atoms with E-state index < -0.39 is 25.9 Å². The van der Waals surface area contributed by atoms with Gasteiger partial charge >= 0.3 is 12.7 Å². The van der Waals surface area contributed by atoms with Gasteiger partial charge in [-0.2, -0.15) is 0 Å². The second kappa shape index (κ2) is 10.5. The molecule has 0 heterocycles. The average molecular weight is 458 g/mol. The van der Waals surface area contributed by atoms with E-state index in [2.05, 4.69) is 9.47 Å². The van der Waals surface area contributed by atoms with E-state index in [1.807, 2.05) is 48.5 Å². The van der Waals surface area contributed by atoms with Gasteiger partial charge in [0.05, 0.1) is 13.2 Å². The van der Waals surface area contributed by atoms with Crippen LogP contribution in [0.15, 0.2) is 48.5 Å². The summed E-state index contributed by atoms with van der Waals surface area (Å²) in [5.74, 6) is 0. The van der Waals surface area contributed by atoms with Crippen LogP contribution in [0, 0.1) is 0 Å². The summed E-state index contributed by atoms with van der Waals surface area (Å²) >= 11 is 0. The quantitative estimate of drug-likeness (QED) is 0.176. The van der Waals surface area contributed by atoms with Crippen LogP contribution in [0.3, 0.4) is 0 Å². The maximum atomic E-state index is 12.2. The Hall–Kier alpha value is -2.32. The summed E-state index contributed by atoms with van der Waals surface area (Å²) in [6.45, 7) is -0.807. The molecule has 32 heavy (non-hydrogen) atoms. The zero-order valence-electron chi connectivity index (χ0n) is 17.4. The van der Waals surface area contributed by atoms with Crippen molar-refractivity contribution in [2.24, 2.45) is 0 Å². The van der Waals surface area contributed by atoms with Crippen molar-refractivity contribution in [1.82, 2.24) is 0 Å². The number of alkyl halides is 6. The Morgan fingerprint density at radius 2 is 0.844 bits per heavy atom. The highest BCUT2D eigenvalue weighted by atomic mass is 19.4. The van der Waals surface area contributed by atoms with Gasteiger partial charge in [-0.25, -0.2) is 0 Å². The normalized spacial score (nSPS) is 12.7. The van der Waals surface area contributed by atoms with Crippen LogP contribution in [0.1, 0.15) is 36.8 Å². The van der Waals surface area contributed by atoms with Gasteiger partial charge in [-0.15, -0.1) is 26.3 Å². The van der Waals surface area contributed by atoms with Crippen molar-refractivity contribution in [1.29, 1.82) is 0 Å². The average Bonchev–Trinajstić information content (AvgIpc) is 2.72. The van der Waals surface area contributed by atoms with Crippen molar-refractivity contribution in [3.63, 3.8) is 0 Å². The monoisotopic (exact) mass is 458 g/mol. The molecule has 0 bridgehead atoms. The Morgan fingerprint density at radius 1 is 0.500 bits per heavy atom. The first-order valence-electron chi connectivity index (χ1n) is 10.5. The first kappa shape index (κ1) is 24.3. The minimum atomic E-state index is -4.64. The third-order valence-corrected chi connectivity index (χ3v) is 5.33. The second-order valence-corrected chi connectivity index (χ2v) is 7.55. The molecule has 0 N–H and O–H groups in total. The summed E-state index contributed by atoms with van der Waals surface area (Å²) in [6.07, 6.45) is -6.66. The van der Waals surface area contributed by atoms with Gasteiger partial charge in [-0.1, -0.05) is 48.5 Å². The third kappa shape index (κ3) is 6.84. The number of aryl methyl sites for hydroxylation is 2. The molecule has 2 nitrogen and oxygen atoms in total. The minimum absolute atomic E-state index is 0.250. The number of benzene rings is 3. The minimum Gasteiger partial charge on any atom is -0.292 e. The van der Waals surface area contributed by atoms with Crippen LogP contribution in [0.25, 0.3) is 21.5 Å². The van der Waals surface area contributed by atoms with Gasteiger partial charge in [0.25, 0.3) is 0 Å². The van der Waals surface area contributed by atoms with Crippen molar-refractivity contribution >= 4 is 21.5 Å². The topological polar surface area (TPSA) is 18.5 Å². The van der Waals surface area contributed by atoms with E-state index >= 15 is 0 Å². The van der Waals surface area contributed by atoms with Crippen LogP contribution >= 0.6 is 0 Å². The molecule has 0 amide bonds. The first-order valence-corrected chi connectivity index (χ1v) is 10.5. The molecule has 0 aliphatic carbocycles. The fourth-order valence-corrected chi connectivity index (χ4v) is 4.04. The first-order chi connectivity index (χ1) is 15.2. The molecule has 3 aromatic rings. The molecule has 174 valence electrons. The maximum Gasteiger partial charge on any atom is 0.522 e. The fourth-order valence-electron chi connectivity index (χ4n) is 4.04. The highest BCUT2D eigenvalue weighted by Gasteiger charge is 2.29. The standard InChI is InChI=1S/C24H24F6O2/c25-23(26,27)31-15-7-5-13-21-19-11-3-1-9-17(19)18-10-2-4-12-20(18)22(21)14-6-8-16-32-24(28,29)30/h1-4,9-12H,5-8,13-16H2. The van der Waals surface area contributed by atoms with Gasteiger partial charge in [0.15, 0.2) is 0 Å². The Labute approximate surface area is 182 Å². The summed E-state index contributed by atoms with van der Waals surface area (Å²) in [6, 6.07) is 15.7. The SMILES string of the molecule is FC(F)(F)OCCCCc1c(CCCCOC(F)(F)F)c2ccccc2c2ccccc12. The van der Waals surface area contributed by atoms with Crippen LogP contribution in [-0.4, -0.2) is 25.9 Å². The largest absolute Gasteiger partial charge is 0.522 e. The van der Waals surface area contributed by atoms with E-state index in [0.717, 1.165) is 32.7 Å². The Morgan fingerprint density at radius 3 is 1.19 bits per heavy atom. The van der Waals surface area contributed by atoms with E-state index in [1.54, 1.807) is 0 Å². The molecular formula is C24H24F6O2. The van der Waals surface area contributed by atoms with Crippen LogP contribution in [0.2, 0.25) is 0 Å². The van der Waals surface area contributed by atoms with Gasteiger partial charge < -0.3 is 0 Å². The number of rotatable bonds is 10. The predicted molar refractivity (Wildman–Crippen MR) is 111 cm³/mol. The number of hydrogen-bond acceptors (Lipinski definition) is 2. The molecule has 0 atom stereocenters. The summed E-state index contributed by atoms with van der Waals surface area (Å²) in [5.41, 5.74) is 2.06. The third-order valence-electron chi connectivity index (χ3n) is 5.33. The molecule has 0 unspecified atom stereocenters. The van der Waals surface area contributed by atoms with Crippen molar-refractivity contribution < 1.29 is 35.8 Å². The smallest absolute Gasteiger partial charge is 0.292 e. The number of fused-ring (bicyclic) bond motifs is 3. The summed E-state index contributed by atoms with van der Waals surface area (Å²) in [4.78, 5) is 0. The Bertz CT molecular complexity index is 944. The van der Waals surface area contributed by atoms with E-state index in [1.165, 1.54) is 0 Å². The lowest BCUT2D eigenvalue weighted by Crippen LogP contribution is -2.14. The van der Waals surface area contributed by atoms with Crippen molar-refractivity contribution in [2.45, 2.75) is 51.2 Å². The van der Waals surface area contributed by atoms with E-state index in [-0.39, 0.29) is 12.8 Å². The summed E-state index contributed by atoms with van der Waals surface area (Å²) in [5, 5.41) is 4.14. The zero-order chi connectivity index (χ0) is 23.2. The lowest BCUT2D eigenvalue weighted by atomic mass is 9.87. The lowest BCUT2D eigenvalue weighted by Gasteiger charge is -2.18. The van der Waals surface area contributed by atoms with Gasteiger partial charge in [-0.05, 0) is 71.2 Å². The fraction of sp³-hybridized carbons (Fsp3) is 0.417. The van der Waals surface area contributed by atoms with Crippen molar-refractivity contribution in [2.75, 3.05) is 13.2 Å². The molecule has 0 saturated heterocycles. The molecule has 0 aliphatic rings. The zero-order valence-corrected chi connectivity index (χ0v) is 17.4. The molecule has 0 aromatic heterocycles. The van der Waals surface area contributed by atoms with Crippen LogP contribution in [0.4, 0.5) is 26.3 Å². The highest BCUT2D eigenvalue weighted by Crippen LogP contribution is 2.35. The summed E-state index contributed by atoms with van der Waals surface area (Å²) in [7, 11) is 0.